The van der Waals surface area contributed by atoms with Gasteiger partial charge in [-0.2, -0.15) is 13.2 Å². The van der Waals surface area contributed by atoms with Crippen LogP contribution in [0.5, 0.6) is 0 Å². The second-order valence-corrected chi connectivity index (χ2v) is 5.48. The van der Waals surface area contributed by atoms with E-state index in [0.29, 0.717) is 6.42 Å². The van der Waals surface area contributed by atoms with Crippen LogP contribution in [0.2, 0.25) is 0 Å². The Morgan fingerprint density at radius 1 is 1.22 bits per heavy atom. The SMILES string of the molecule is CCCCN(CC(=O)NC(C)(C)C)CC(F)(F)F. The predicted molar refractivity (Wildman–Crippen MR) is 65.3 cm³/mol. The van der Waals surface area contributed by atoms with Crippen molar-refractivity contribution >= 4 is 5.91 Å². The first-order valence-electron chi connectivity index (χ1n) is 6.13. The monoisotopic (exact) mass is 268 g/mol. The lowest BCUT2D eigenvalue weighted by molar-refractivity contribution is -0.149. The number of hydrogen-bond donors (Lipinski definition) is 1. The van der Waals surface area contributed by atoms with Crippen molar-refractivity contribution < 1.29 is 18.0 Å². The smallest absolute Gasteiger partial charge is 0.350 e. The number of amides is 1. The minimum Gasteiger partial charge on any atom is -0.350 e. The van der Waals surface area contributed by atoms with E-state index >= 15 is 0 Å². The fraction of sp³-hybridized carbons (Fsp3) is 0.917. The van der Waals surface area contributed by atoms with Gasteiger partial charge >= 0.3 is 6.18 Å². The third-order valence-corrected chi connectivity index (χ3v) is 2.11. The van der Waals surface area contributed by atoms with Gasteiger partial charge in [0.1, 0.15) is 0 Å². The Hall–Kier alpha value is -0.780. The Kier molecular flexibility index (Phi) is 6.67. The first-order valence-corrected chi connectivity index (χ1v) is 6.13. The van der Waals surface area contributed by atoms with Gasteiger partial charge in [-0.05, 0) is 33.7 Å². The molecular formula is C12H23F3N2O. The second-order valence-electron chi connectivity index (χ2n) is 5.48. The molecule has 0 saturated carbocycles. The zero-order valence-corrected chi connectivity index (χ0v) is 11.5. The zero-order chi connectivity index (χ0) is 14.4. The summed E-state index contributed by atoms with van der Waals surface area (Å²) in [7, 11) is 0. The number of carbonyl (C=O) groups excluding carboxylic acids is 1. The highest BCUT2D eigenvalue weighted by molar-refractivity contribution is 5.78. The summed E-state index contributed by atoms with van der Waals surface area (Å²) in [6, 6.07) is 0. The summed E-state index contributed by atoms with van der Waals surface area (Å²) in [6.45, 7) is 6.33. The molecule has 0 aromatic carbocycles. The predicted octanol–water partition coefficient (Wildman–Crippen LogP) is 2.57. The maximum atomic E-state index is 12.3. The molecule has 0 fully saturated rings. The molecule has 0 rings (SSSR count). The molecule has 6 heteroatoms. The lowest BCUT2D eigenvalue weighted by atomic mass is 10.1. The van der Waals surface area contributed by atoms with E-state index in [1.807, 2.05) is 6.92 Å². The van der Waals surface area contributed by atoms with E-state index in [1.54, 1.807) is 20.8 Å². The Labute approximate surface area is 107 Å². The summed E-state index contributed by atoms with van der Waals surface area (Å²) in [5.41, 5.74) is -0.425. The van der Waals surface area contributed by atoms with Gasteiger partial charge in [-0.15, -0.1) is 0 Å². The van der Waals surface area contributed by atoms with Crippen molar-refractivity contribution in [3.05, 3.63) is 0 Å². The molecular weight excluding hydrogens is 245 g/mol. The highest BCUT2D eigenvalue weighted by Gasteiger charge is 2.31. The number of nitrogens with zero attached hydrogens (tertiary/aromatic N) is 1. The molecule has 0 saturated heterocycles. The fourth-order valence-corrected chi connectivity index (χ4v) is 1.51. The largest absolute Gasteiger partial charge is 0.401 e. The molecule has 0 aromatic rings. The van der Waals surface area contributed by atoms with E-state index in [4.69, 9.17) is 0 Å². The third kappa shape index (κ3) is 10.4. The van der Waals surface area contributed by atoms with Crippen molar-refractivity contribution in [3.63, 3.8) is 0 Å². The molecule has 0 aliphatic carbocycles. The molecule has 0 unspecified atom stereocenters. The second kappa shape index (κ2) is 6.97. The molecule has 0 bridgehead atoms. The van der Waals surface area contributed by atoms with Crippen molar-refractivity contribution in [2.75, 3.05) is 19.6 Å². The summed E-state index contributed by atoms with van der Waals surface area (Å²) in [5, 5.41) is 2.66. The van der Waals surface area contributed by atoms with E-state index in [-0.39, 0.29) is 19.0 Å². The maximum absolute atomic E-state index is 12.3. The number of rotatable bonds is 6. The van der Waals surface area contributed by atoms with Gasteiger partial charge in [0.2, 0.25) is 5.91 Å². The lowest BCUT2D eigenvalue weighted by Gasteiger charge is -2.26. The van der Waals surface area contributed by atoms with Crippen LogP contribution in [0.15, 0.2) is 0 Å². The number of halogens is 3. The first-order chi connectivity index (χ1) is 8.03. The van der Waals surface area contributed by atoms with Gasteiger partial charge in [-0.25, -0.2) is 0 Å². The van der Waals surface area contributed by atoms with Crippen LogP contribution in [0.1, 0.15) is 40.5 Å². The molecule has 108 valence electrons. The summed E-state index contributed by atoms with van der Waals surface area (Å²) in [6.07, 6.45) is -2.82. The number of hydrogen-bond acceptors (Lipinski definition) is 2. The average molecular weight is 268 g/mol. The first kappa shape index (κ1) is 17.2. The van der Waals surface area contributed by atoms with Crippen LogP contribution in [0.25, 0.3) is 0 Å². The Balaban J connectivity index is 4.35. The Morgan fingerprint density at radius 3 is 2.17 bits per heavy atom. The van der Waals surface area contributed by atoms with Gasteiger partial charge in [0.25, 0.3) is 0 Å². The zero-order valence-electron chi connectivity index (χ0n) is 11.5. The number of alkyl halides is 3. The van der Waals surface area contributed by atoms with Crippen molar-refractivity contribution in [3.8, 4) is 0 Å². The van der Waals surface area contributed by atoms with E-state index in [1.165, 1.54) is 0 Å². The number of unbranched alkanes of at least 4 members (excludes halogenated alkanes) is 1. The quantitative estimate of drug-likeness (QED) is 0.803. The number of carbonyl (C=O) groups is 1. The standard InChI is InChI=1S/C12H23F3N2O/c1-5-6-7-17(9-12(13,14)15)8-10(18)16-11(2,3)4/h5-9H2,1-4H3,(H,16,18). The van der Waals surface area contributed by atoms with Gasteiger partial charge in [0, 0.05) is 5.54 Å². The highest BCUT2D eigenvalue weighted by Crippen LogP contribution is 2.16. The van der Waals surface area contributed by atoms with E-state index < -0.39 is 18.3 Å². The van der Waals surface area contributed by atoms with Crippen molar-refractivity contribution in [2.45, 2.75) is 52.3 Å². The van der Waals surface area contributed by atoms with Gasteiger partial charge in [0.15, 0.2) is 0 Å². The normalized spacial score (nSPS) is 12.9. The highest BCUT2D eigenvalue weighted by atomic mass is 19.4. The minimum atomic E-state index is -4.27. The Morgan fingerprint density at radius 2 is 1.78 bits per heavy atom. The van der Waals surface area contributed by atoms with Crippen LogP contribution in [0.4, 0.5) is 13.2 Å². The molecule has 18 heavy (non-hydrogen) atoms. The maximum Gasteiger partial charge on any atom is 0.401 e. The molecule has 0 aliphatic rings. The number of nitrogens with one attached hydrogen (secondary N) is 1. The van der Waals surface area contributed by atoms with Gasteiger partial charge < -0.3 is 5.32 Å². The van der Waals surface area contributed by atoms with E-state index in [2.05, 4.69) is 5.32 Å². The van der Waals surface area contributed by atoms with Crippen LogP contribution in [-0.4, -0.2) is 42.2 Å². The molecule has 0 aromatic heterocycles. The van der Waals surface area contributed by atoms with Gasteiger partial charge in [-0.3, -0.25) is 9.69 Å². The van der Waals surface area contributed by atoms with Gasteiger partial charge in [-0.1, -0.05) is 13.3 Å². The van der Waals surface area contributed by atoms with Crippen LogP contribution < -0.4 is 5.32 Å². The van der Waals surface area contributed by atoms with Crippen LogP contribution in [0, 0.1) is 0 Å². The molecule has 0 aliphatic heterocycles. The average Bonchev–Trinajstić information content (AvgIpc) is 2.08. The molecule has 0 radical (unpaired) electrons. The van der Waals surface area contributed by atoms with Crippen molar-refractivity contribution in [1.82, 2.24) is 10.2 Å². The summed E-state index contributed by atoms with van der Waals surface area (Å²) >= 11 is 0. The van der Waals surface area contributed by atoms with Crippen molar-refractivity contribution in [1.29, 1.82) is 0 Å². The summed E-state index contributed by atoms with van der Waals surface area (Å²) in [5.74, 6) is -0.372. The fourth-order valence-electron chi connectivity index (χ4n) is 1.51. The third-order valence-electron chi connectivity index (χ3n) is 2.11. The van der Waals surface area contributed by atoms with Crippen LogP contribution in [-0.2, 0) is 4.79 Å². The minimum absolute atomic E-state index is 0.212. The van der Waals surface area contributed by atoms with Crippen LogP contribution in [0.3, 0.4) is 0 Å². The van der Waals surface area contributed by atoms with Gasteiger partial charge in [0.05, 0.1) is 13.1 Å². The van der Waals surface area contributed by atoms with Crippen LogP contribution >= 0.6 is 0 Å². The molecule has 1 N–H and O–H groups in total. The molecule has 0 heterocycles. The Bertz CT molecular complexity index is 259. The lowest BCUT2D eigenvalue weighted by Crippen LogP contribution is -2.47. The summed E-state index contributed by atoms with van der Waals surface area (Å²) in [4.78, 5) is 12.7. The van der Waals surface area contributed by atoms with Crippen molar-refractivity contribution in [2.24, 2.45) is 0 Å². The molecule has 0 spiro atoms. The summed E-state index contributed by atoms with van der Waals surface area (Å²) < 4.78 is 37.0. The topological polar surface area (TPSA) is 32.3 Å². The molecule has 1 amide bonds. The van der Waals surface area contributed by atoms with E-state index in [0.717, 1.165) is 11.3 Å². The molecule has 3 nitrogen and oxygen atoms in total. The van der Waals surface area contributed by atoms with E-state index in [9.17, 15) is 18.0 Å². The molecule has 0 atom stereocenters.